The summed E-state index contributed by atoms with van der Waals surface area (Å²) in [7, 11) is 1.58. The third kappa shape index (κ3) is 2.29. The van der Waals surface area contributed by atoms with Crippen LogP contribution in [0.2, 0.25) is 0 Å². The molecule has 1 aromatic carbocycles. The van der Waals surface area contributed by atoms with Crippen molar-refractivity contribution < 1.29 is 19.7 Å². The Labute approximate surface area is 118 Å². The molecule has 108 valence electrons. The molecule has 3 rings (SSSR count). The molecular weight excluding hydrogens is 256 g/mol. The third-order valence-corrected chi connectivity index (χ3v) is 4.89. The van der Waals surface area contributed by atoms with Crippen LogP contribution in [0.15, 0.2) is 24.3 Å². The van der Waals surface area contributed by atoms with Gasteiger partial charge in [-0.3, -0.25) is 4.79 Å². The molecule has 0 heterocycles. The number of ether oxygens (including phenoxy) is 1. The molecule has 0 amide bonds. The fourth-order valence-corrected chi connectivity index (χ4v) is 3.66. The zero-order chi connectivity index (χ0) is 14.3. The van der Waals surface area contributed by atoms with E-state index in [2.05, 4.69) is 0 Å². The van der Waals surface area contributed by atoms with E-state index in [0.29, 0.717) is 36.8 Å². The average molecular weight is 276 g/mol. The van der Waals surface area contributed by atoms with Crippen molar-refractivity contribution >= 4 is 5.97 Å². The van der Waals surface area contributed by atoms with Gasteiger partial charge in [-0.05, 0) is 55.2 Å². The highest BCUT2D eigenvalue weighted by molar-refractivity contribution is 5.75. The average Bonchev–Trinajstić information content (AvgIpc) is 3.06. The summed E-state index contributed by atoms with van der Waals surface area (Å²) in [5.74, 6) is 1.07. The van der Waals surface area contributed by atoms with Crippen LogP contribution in [0, 0.1) is 17.3 Å². The molecule has 0 saturated heterocycles. The fourth-order valence-electron chi connectivity index (χ4n) is 3.66. The van der Waals surface area contributed by atoms with Gasteiger partial charge in [-0.15, -0.1) is 0 Å². The first-order valence-corrected chi connectivity index (χ1v) is 7.09. The number of carbonyl (C=O) groups is 1. The van der Waals surface area contributed by atoms with Gasteiger partial charge in [0.2, 0.25) is 0 Å². The molecule has 0 bridgehead atoms. The van der Waals surface area contributed by atoms with Gasteiger partial charge in [0, 0.05) is 0 Å². The van der Waals surface area contributed by atoms with E-state index in [4.69, 9.17) is 4.74 Å². The van der Waals surface area contributed by atoms with E-state index < -0.39 is 17.5 Å². The van der Waals surface area contributed by atoms with E-state index in [9.17, 15) is 15.0 Å². The van der Waals surface area contributed by atoms with E-state index in [0.717, 1.165) is 5.56 Å². The molecule has 2 aliphatic rings. The lowest BCUT2D eigenvalue weighted by molar-refractivity contribution is -0.151. The van der Waals surface area contributed by atoms with Crippen LogP contribution >= 0.6 is 0 Å². The minimum absolute atomic E-state index is 0.294. The van der Waals surface area contributed by atoms with Crippen LogP contribution in [-0.4, -0.2) is 23.3 Å². The topological polar surface area (TPSA) is 66.8 Å². The molecule has 0 radical (unpaired) electrons. The summed E-state index contributed by atoms with van der Waals surface area (Å²) in [6.45, 7) is 0. The van der Waals surface area contributed by atoms with Gasteiger partial charge in [0.1, 0.15) is 5.75 Å². The molecule has 2 N–H and O–H groups in total. The van der Waals surface area contributed by atoms with Gasteiger partial charge < -0.3 is 14.9 Å². The number of methoxy groups -OCH3 is 1. The number of aliphatic hydroxyl groups excluding tert-OH is 1. The van der Waals surface area contributed by atoms with Gasteiger partial charge in [-0.25, -0.2) is 0 Å². The van der Waals surface area contributed by atoms with Crippen molar-refractivity contribution in [3.63, 3.8) is 0 Å². The second-order valence-electron chi connectivity index (χ2n) is 6.25. The molecule has 0 spiro atoms. The maximum Gasteiger partial charge on any atom is 0.309 e. The molecule has 2 aliphatic carbocycles. The molecule has 0 aromatic heterocycles. The Balaban J connectivity index is 1.76. The van der Waals surface area contributed by atoms with Crippen LogP contribution in [0.3, 0.4) is 0 Å². The molecule has 2 saturated carbocycles. The summed E-state index contributed by atoms with van der Waals surface area (Å²) in [5.41, 5.74) is -0.0126. The Morgan fingerprint density at radius 3 is 2.75 bits per heavy atom. The Bertz CT molecular complexity index is 515. The zero-order valence-electron chi connectivity index (χ0n) is 11.6. The van der Waals surface area contributed by atoms with Crippen molar-refractivity contribution in [2.45, 2.75) is 31.8 Å². The zero-order valence-corrected chi connectivity index (χ0v) is 11.6. The van der Waals surface area contributed by atoms with Crippen molar-refractivity contribution in [1.29, 1.82) is 0 Å². The highest BCUT2D eigenvalue weighted by Gasteiger charge is 2.57. The standard InChI is InChI=1S/C16H20O4/c1-20-13-4-2-3-10(6-13)14(17)9-16(15(18)19)7-11-5-12(11)8-16/h2-4,6,11-12,14,17H,5,7-9H2,1H3,(H,18,19). The van der Waals surface area contributed by atoms with E-state index in [-0.39, 0.29) is 0 Å². The molecule has 2 fully saturated rings. The lowest BCUT2D eigenvalue weighted by atomic mass is 9.77. The second kappa shape index (κ2) is 4.77. The number of benzene rings is 1. The van der Waals surface area contributed by atoms with Gasteiger partial charge in [0.15, 0.2) is 0 Å². The van der Waals surface area contributed by atoms with E-state index in [1.54, 1.807) is 13.2 Å². The first-order chi connectivity index (χ1) is 9.54. The molecule has 20 heavy (non-hydrogen) atoms. The Morgan fingerprint density at radius 1 is 1.45 bits per heavy atom. The summed E-state index contributed by atoms with van der Waals surface area (Å²) in [6.07, 6.45) is 2.15. The van der Waals surface area contributed by atoms with Crippen molar-refractivity contribution in [3.05, 3.63) is 29.8 Å². The first-order valence-electron chi connectivity index (χ1n) is 7.09. The van der Waals surface area contributed by atoms with Crippen molar-refractivity contribution in [1.82, 2.24) is 0 Å². The Kier molecular flexibility index (Phi) is 3.21. The van der Waals surface area contributed by atoms with Crippen molar-refractivity contribution in [3.8, 4) is 5.75 Å². The number of carboxylic acid groups (broad SMARTS) is 1. The first kappa shape index (κ1) is 13.4. The summed E-state index contributed by atoms with van der Waals surface area (Å²) in [5, 5.41) is 20.0. The molecule has 1 aromatic rings. The second-order valence-corrected chi connectivity index (χ2v) is 6.25. The fraction of sp³-hybridized carbons (Fsp3) is 0.562. The Hall–Kier alpha value is -1.55. The normalized spacial score (nSPS) is 32.5. The molecule has 4 heteroatoms. The van der Waals surface area contributed by atoms with E-state index in [1.807, 2.05) is 18.2 Å². The van der Waals surface area contributed by atoms with Crippen LogP contribution in [0.4, 0.5) is 0 Å². The summed E-state index contributed by atoms with van der Waals surface area (Å²) < 4.78 is 5.14. The number of rotatable bonds is 5. The quantitative estimate of drug-likeness (QED) is 0.867. The number of aliphatic carboxylic acids is 1. The largest absolute Gasteiger partial charge is 0.497 e. The molecule has 4 nitrogen and oxygen atoms in total. The van der Waals surface area contributed by atoms with Gasteiger partial charge in [0.25, 0.3) is 0 Å². The van der Waals surface area contributed by atoms with Gasteiger partial charge in [-0.2, -0.15) is 0 Å². The molecule has 3 unspecified atom stereocenters. The molecular formula is C16H20O4. The summed E-state index contributed by atoms with van der Waals surface area (Å²) in [4.78, 5) is 11.6. The SMILES string of the molecule is COc1cccc(C(O)CC2(C(=O)O)CC3CC3C2)c1. The number of fused-ring (bicyclic) bond motifs is 1. The minimum Gasteiger partial charge on any atom is -0.497 e. The maximum atomic E-state index is 11.6. The summed E-state index contributed by atoms with van der Waals surface area (Å²) in [6, 6.07) is 7.22. The van der Waals surface area contributed by atoms with Crippen molar-refractivity contribution in [2.75, 3.05) is 7.11 Å². The van der Waals surface area contributed by atoms with Crippen LogP contribution in [0.5, 0.6) is 5.75 Å². The lowest BCUT2D eigenvalue weighted by Crippen LogP contribution is -2.31. The Morgan fingerprint density at radius 2 is 2.15 bits per heavy atom. The monoisotopic (exact) mass is 276 g/mol. The maximum absolute atomic E-state index is 11.6. The van der Waals surface area contributed by atoms with E-state index in [1.165, 1.54) is 6.42 Å². The van der Waals surface area contributed by atoms with Crippen LogP contribution < -0.4 is 4.74 Å². The highest BCUT2D eigenvalue weighted by Crippen LogP contribution is 2.62. The third-order valence-electron chi connectivity index (χ3n) is 4.89. The predicted octanol–water partition coefficient (Wildman–Crippen LogP) is 2.62. The van der Waals surface area contributed by atoms with E-state index >= 15 is 0 Å². The van der Waals surface area contributed by atoms with Gasteiger partial charge in [-0.1, -0.05) is 12.1 Å². The smallest absolute Gasteiger partial charge is 0.309 e. The van der Waals surface area contributed by atoms with Crippen LogP contribution in [0.1, 0.15) is 37.4 Å². The number of aliphatic hydroxyl groups is 1. The van der Waals surface area contributed by atoms with Crippen LogP contribution in [0.25, 0.3) is 0 Å². The van der Waals surface area contributed by atoms with Crippen LogP contribution in [-0.2, 0) is 4.79 Å². The highest BCUT2D eigenvalue weighted by atomic mass is 16.5. The van der Waals surface area contributed by atoms with Crippen molar-refractivity contribution in [2.24, 2.45) is 17.3 Å². The number of hydrogen-bond donors (Lipinski definition) is 2. The number of hydrogen-bond acceptors (Lipinski definition) is 3. The number of carboxylic acids is 1. The molecule has 3 atom stereocenters. The molecule has 0 aliphatic heterocycles. The minimum atomic E-state index is -0.758. The summed E-state index contributed by atoms with van der Waals surface area (Å²) >= 11 is 0. The lowest BCUT2D eigenvalue weighted by Gasteiger charge is -2.28. The van der Waals surface area contributed by atoms with Gasteiger partial charge in [0.05, 0.1) is 18.6 Å². The van der Waals surface area contributed by atoms with Gasteiger partial charge >= 0.3 is 5.97 Å². The predicted molar refractivity (Wildman–Crippen MR) is 73.5 cm³/mol.